The average Bonchev–Trinajstić information content (AvgIpc) is 3.31. The van der Waals surface area contributed by atoms with Crippen LogP contribution in [0.5, 0.6) is 0 Å². The van der Waals surface area contributed by atoms with Crippen LogP contribution >= 0.6 is 0 Å². The summed E-state index contributed by atoms with van der Waals surface area (Å²) in [5.74, 6) is -4.97. The zero-order chi connectivity index (χ0) is 37.6. The van der Waals surface area contributed by atoms with Gasteiger partial charge in [-0.15, -0.1) is 0 Å². The molecule has 0 amide bonds. The number of fused-ring (bicyclic) bond motifs is 1. The number of ether oxygens (including phenoxy) is 6. The highest BCUT2D eigenvalue weighted by molar-refractivity contribution is 5.91. The Morgan fingerprint density at radius 3 is 1.46 bits per heavy atom. The Kier molecular flexibility index (Phi) is 9.52. The van der Waals surface area contributed by atoms with Crippen molar-refractivity contribution >= 4 is 29.8 Å². The molecule has 1 saturated heterocycles. The number of carbonyl (C=O) groups is 5. The van der Waals surface area contributed by atoms with E-state index in [4.69, 9.17) is 28.4 Å². The van der Waals surface area contributed by atoms with Gasteiger partial charge < -0.3 is 33.5 Å². The Hall–Kier alpha value is -5.07. The van der Waals surface area contributed by atoms with E-state index in [1.165, 1.54) is 45.0 Å². The molecule has 6 rings (SSSR count). The van der Waals surface area contributed by atoms with Gasteiger partial charge in [0, 0.05) is 20.3 Å². The van der Waals surface area contributed by atoms with E-state index >= 15 is 0 Å². The van der Waals surface area contributed by atoms with Crippen LogP contribution in [0.4, 0.5) is 0 Å². The van der Waals surface area contributed by atoms with E-state index in [0.717, 1.165) is 0 Å². The fourth-order valence-electron chi connectivity index (χ4n) is 8.75. The van der Waals surface area contributed by atoms with Gasteiger partial charge in [-0.1, -0.05) is 54.6 Å². The Morgan fingerprint density at radius 1 is 0.596 bits per heavy atom. The summed E-state index contributed by atoms with van der Waals surface area (Å²) in [6.07, 6.45) is -7.60. The molecule has 1 N–H and O–H groups in total. The third kappa shape index (κ3) is 6.03. The van der Waals surface area contributed by atoms with Crippen molar-refractivity contribution in [1.29, 1.82) is 0 Å². The molecule has 2 aliphatic carbocycles. The van der Waals surface area contributed by atoms with E-state index < -0.39 is 88.5 Å². The Balaban J connectivity index is 1.63. The van der Waals surface area contributed by atoms with Crippen LogP contribution in [0, 0.1) is 11.3 Å². The zero-order valence-corrected chi connectivity index (χ0v) is 29.8. The van der Waals surface area contributed by atoms with Crippen LogP contribution < -0.4 is 0 Å². The standard InChI is InChI=1S/C40H42O12/c1-23(41)47-28-22-38(5,46)40-32(48-24(2)42)29(37(3,4)52-40)30(49-34(43)25-16-10-7-11-17-25)33(51-36(45)27-20-14-9-15-21-27)39(40,6)31(28)50-35(44)26-18-12-8-13-19-26/h7-21,28-33,46H,22H2,1-6H3/t28-,29+,30-,31-,32+,33-,38-,39-,40-/m0/s1. The molecule has 9 atom stereocenters. The molecule has 52 heavy (non-hydrogen) atoms. The summed E-state index contributed by atoms with van der Waals surface area (Å²) < 4.78 is 37.9. The summed E-state index contributed by atoms with van der Waals surface area (Å²) in [5, 5.41) is 12.7. The predicted octanol–water partition coefficient (Wildman–Crippen LogP) is 4.87. The fraction of sp³-hybridized carbons (Fsp3) is 0.425. The molecule has 12 heteroatoms. The number of aliphatic hydroxyl groups is 1. The summed E-state index contributed by atoms with van der Waals surface area (Å²) in [6, 6.07) is 24.3. The number of carbonyl (C=O) groups excluding carboxylic acids is 5. The van der Waals surface area contributed by atoms with Gasteiger partial charge in [-0.3, -0.25) is 9.59 Å². The summed E-state index contributed by atoms with van der Waals surface area (Å²) in [7, 11) is 0. The Labute approximate surface area is 301 Å². The monoisotopic (exact) mass is 714 g/mol. The van der Waals surface area contributed by atoms with Gasteiger partial charge in [-0.2, -0.15) is 0 Å². The summed E-state index contributed by atoms with van der Waals surface area (Å²) in [6.45, 7) is 8.72. The van der Waals surface area contributed by atoms with Gasteiger partial charge in [0.05, 0.1) is 39.2 Å². The molecule has 274 valence electrons. The molecular weight excluding hydrogens is 672 g/mol. The third-order valence-electron chi connectivity index (χ3n) is 10.7. The minimum Gasteiger partial charge on any atom is -0.459 e. The van der Waals surface area contributed by atoms with Gasteiger partial charge in [-0.05, 0) is 64.1 Å². The Bertz CT molecular complexity index is 1840. The molecule has 12 nitrogen and oxygen atoms in total. The maximum Gasteiger partial charge on any atom is 0.338 e. The van der Waals surface area contributed by atoms with Crippen molar-refractivity contribution in [1.82, 2.24) is 0 Å². The molecule has 3 fully saturated rings. The summed E-state index contributed by atoms with van der Waals surface area (Å²) >= 11 is 0. The van der Waals surface area contributed by atoms with Crippen LogP contribution in [0.1, 0.15) is 79.0 Å². The van der Waals surface area contributed by atoms with E-state index in [9.17, 15) is 29.1 Å². The van der Waals surface area contributed by atoms with Crippen LogP contribution in [0.15, 0.2) is 91.0 Å². The number of hydrogen-bond donors (Lipinski definition) is 1. The molecule has 3 aromatic rings. The first-order valence-electron chi connectivity index (χ1n) is 17.1. The highest BCUT2D eigenvalue weighted by atomic mass is 16.6. The van der Waals surface area contributed by atoms with Gasteiger partial charge in [-0.25, -0.2) is 14.4 Å². The molecule has 2 saturated carbocycles. The van der Waals surface area contributed by atoms with Crippen molar-refractivity contribution in [3.63, 3.8) is 0 Å². The van der Waals surface area contributed by atoms with Crippen LogP contribution in [-0.2, 0) is 38.0 Å². The lowest BCUT2D eigenvalue weighted by molar-refractivity contribution is -0.349. The predicted molar refractivity (Wildman–Crippen MR) is 183 cm³/mol. The molecule has 0 aromatic heterocycles. The van der Waals surface area contributed by atoms with E-state index in [-0.39, 0.29) is 23.1 Å². The molecule has 3 aromatic carbocycles. The number of benzene rings is 3. The SMILES string of the molecule is CC(=O)O[C@H]1C[C@](C)(O)[C@]23OC(C)(C)[C@H]([C@H](OC(=O)c4ccccc4)[C@H](OC(=O)c4ccccc4)[C@]2(C)[C@H]1OC(=O)c1ccccc1)[C@H]3OC(C)=O. The Morgan fingerprint density at radius 2 is 1.02 bits per heavy atom. The van der Waals surface area contributed by atoms with Gasteiger partial charge in [0.1, 0.15) is 23.9 Å². The summed E-state index contributed by atoms with van der Waals surface area (Å²) in [4.78, 5) is 67.7. The number of esters is 5. The first kappa shape index (κ1) is 36.7. The highest BCUT2D eigenvalue weighted by Gasteiger charge is 2.87. The quantitative estimate of drug-likeness (QED) is 0.250. The molecule has 1 spiro atoms. The number of rotatable bonds is 8. The number of hydrogen-bond acceptors (Lipinski definition) is 12. The van der Waals surface area contributed by atoms with Crippen molar-refractivity contribution in [3.05, 3.63) is 108 Å². The summed E-state index contributed by atoms with van der Waals surface area (Å²) in [5.41, 5.74) is -6.86. The topological polar surface area (TPSA) is 161 Å². The van der Waals surface area contributed by atoms with Crippen molar-refractivity contribution < 1.29 is 57.5 Å². The minimum atomic E-state index is -2.02. The van der Waals surface area contributed by atoms with E-state index in [1.807, 2.05) is 0 Å². The molecule has 2 bridgehead atoms. The minimum absolute atomic E-state index is 0.153. The first-order valence-corrected chi connectivity index (χ1v) is 17.1. The van der Waals surface area contributed by atoms with Crippen LogP contribution in [0.25, 0.3) is 0 Å². The molecule has 1 heterocycles. The normalized spacial score (nSPS) is 32.8. The van der Waals surface area contributed by atoms with E-state index in [2.05, 4.69) is 0 Å². The molecule has 0 radical (unpaired) electrons. The lowest BCUT2D eigenvalue weighted by atomic mass is 9.46. The van der Waals surface area contributed by atoms with Crippen molar-refractivity contribution in [2.75, 3.05) is 0 Å². The van der Waals surface area contributed by atoms with Gasteiger partial charge >= 0.3 is 29.8 Å². The highest BCUT2D eigenvalue weighted by Crippen LogP contribution is 2.69. The maximum absolute atomic E-state index is 14.1. The second-order valence-corrected chi connectivity index (χ2v) is 14.5. The molecule has 1 aliphatic heterocycles. The van der Waals surface area contributed by atoms with Crippen molar-refractivity contribution in [3.8, 4) is 0 Å². The van der Waals surface area contributed by atoms with Gasteiger partial charge in [0.15, 0.2) is 12.2 Å². The molecular formula is C40H42O12. The molecule has 3 aliphatic rings. The van der Waals surface area contributed by atoms with Crippen LogP contribution in [0.2, 0.25) is 0 Å². The average molecular weight is 715 g/mol. The third-order valence-corrected chi connectivity index (χ3v) is 10.7. The second-order valence-electron chi connectivity index (χ2n) is 14.5. The lowest BCUT2D eigenvalue weighted by Crippen LogP contribution is -2.83. The van der Waals surface area contributed by atoms with Crippen molar-refractivity contribution in [2.24, 2.45) is 11.3 Å². The van der Waals surface area contributed by atoms with Crippen molar-refractivity contribution in [2.45, 2.75) is 95.3 Å². The molecule has 0 unspecified atom stereocenters. The maximum atomic E-state index is 14.1. The van der Waals surface area contributed by atoms with E-state index in [1.54, 1.807) is 87.5 Å². The van der Waals surface area contributed by atoms with Gasteiger partial charge in [0.2, 0.25) is 0 Å². The first-order chi connectivity index (χ1) is 24.5. The zero-order valence-electron chi connectivity index (χ0n) is 29.8. The fourth-order valence-corrected chi connectivity index (χ4v) is 8.75. The largest absolute Gasteiger partial charge is 0.459 e. The van der Waals surface area contributed by atoms with E-state index in [0.29, 0.717) is 0 Å². The van der Waals surface area contributed by atoms with Crippen LogP contribution in [0.3, 0.4) is 0 Å². The van der Waals surface area contributed by atoms with Gasteiger partial charge in [0.25, 0.3) is 0 Å². The van der Waals surface area contributed by atoms with Crippen LogP contribution in [-0.4, -0.2) is 82.3 Å². The smallest absolute Gasteiger partial charge is 0.338 e. The lowest BCUT2D eigenvalue weighted by Gasteiger charge is -2.65. The second kappa shape index (κ2) is 13.5.